The SMILES string of the molecule is NCC1(C(O)c2ccc(Cl)cc2F)CCc2ccccc21. The zero-order valence-corrected chi connectivity index (χ0v) is 12.3. The van der Waals surface area contributed by atoms with Gasteiger partial charge in [0.15, 0.2) is 0 Å². The van der Waals surface area contributed by atoms with Crippen LogP contribution in [-0.4, -0.2) is 11.7 Å². The number of aliphatic hydroxyl groups is 1. The number of hydrogen-bond donors (Lipinski definition) is 2. The molecule has 0 bridgehead atoms. The first-order chi connectivity index (χ1) is 10.1. The summed E-state index contributed by atoms with van der Waals surface area (Å²) < 4.78 is 14.2. The average Bonchev–Trinajstić information content (AvgIpc) is 2.87. The topological polar surface area (TPSA) is 46.2 Å². The van der Waals surface area contributed by atoms with Crippen molar-refractivity contribution in [3.8, 4) is 0 Å². The molecule has 0 saturated carbocycles. The van der Waals surface area contributed by atoms with Crippen molar-refractivity contribution in [3.05, 3.63) is 70.0 Å². The zero-order valence-electron chi connectivity index (χ0n) is 11.5. The normalized spacial score (nSPS) is 22.1. The molecule has 0 spiro atoms. The first-order valence-electron chi connectivity index (χ1n) is 7.00. The first-order valence-corrected chi connectivity index (χ1v) is 7.38. The minimum absolute atomic E-state index is 0.251. The van der Waals surface area contributed by atoms with Crippen molar-refractivity contribution in [1.29, 1.82) is 0 Å². The lowest BCUT2D eigenvalue weighted by Crippen LogP contribution is -2.39. The second kappa shape index (κ2) is 5.41. The van der Waals surface area contributed by atoms with Crippen LogP contribution < -0.4 is 5.73 Å². The summed E-state index contributed by atoms with van der Waals surface area (Å²) in [6.07, 6.45) is 0.578. The van der Waals surface area contributed by atoms with Crippen LogP contribution in [0.25, 0.3) is 0 Å². The smallest absolute Gasteiger partial charge is 0.130 e. The number of fused-ring (bicyclic) bond motifs is 1. The third-order valence-corrected chi connectivity index (χ3v) is 4.77. The highest BCUT2D eigenvalue weighted by atomic mass is 35.5. The Morgan fingerprint density at radius 3 is 2.76 bits per heavy atom. The highest BCUT2D eigenvalue weighted by molar-refractivity contribution is 6.30. The van der Waals surface area contributed by atoms with E-state index in [0.29, 0.717) is 11.4 Å². The zero-order chi connectivity index (χ0) is 15.0. The Morgan fingerprint density at radius 1 is 1.29 bits per heavy atom. The Hall–Kier alpha value is -1.42. The van der Waals surface area contributed by atoms with Crippen LogP contribution in [0, 0.1) is 5.82 Å². The molecule has 2 aromatic carbocycles. The van der Waals surface area contributed by atoms with E-state index in [1.807, 2.05) is 24.3 Å². The van der Waals surface area contributed by atoms with Crippen molar-refractivity contribution >= 4 is 11.6 Å². The second-order valence-corrected chi connectivity index (χ2v) is 6.02. The molecule has 1 aliphatic rings. The maximum Gasteiger partial charge on any atom is 0.130 e. The number of nitrogens with two attached hydrogens (primary N) is 1. The summed E-state index contributed by atoms with van der Waals surface area (Å²) in [5.41, 5.74) is 7.81. The largest absolute Gasteiger partial charge is 0.387 e. The Bertz CT molecular complexity index is 676. The van der Waals surface area contributed by atoms with E-state index < -0.39 is 17.3 Å². The number of halogens is 2. The fourth-order valence-corrected chi connectivity index (χ4v) is 3.50. The summed E-state index contributed by atoms with van der Waals surface area (Å²) in [5.74, 6) is -0.493. The van der Waals surface area contributed by atoms with E-state index >= 15 is 0 Å². The van der Waals surface area contributed by atoms with E-state index in [1.54, 1.807) is 12.1 Å². The summed E-state index contributed by atoms with van der Waals surface area (Å²) in [6, 6.07) is 12.3. The van der Waals surface area contributed by atoms with Crippen molar-refractivity contribution in [3.63, 3.8) is 0 Å². The van der Waals surface area contributed by atoms with Gasteiger partial charge in [-0.1, -0.05) is 41.9 Å². The van der Waals surface area contributed by atoms with Gasteiger partial charge in [-0.3, -0.25) is 0 Å². The van der Waals surface area contributed by atoms with Crippen LogP contribution in [0.5, 0.6) is 0 Å². The average molecular weight is 306 g/mol. The minimum Gasteiger partial charge on any atom is -0.387 e. The van der Waals surface area contributed by atoms with Gasteiger partial charge in [-0.2, -0.15) is 0 Å². The molecule has 0 fully saturated rings. The van der Waals surface area contributed by atoms with Gasteiger partial charge in [0.05, 0.1) is 6.10 Å². The van der Waals surface area contributed by atoms with Gasteiger partial charge >= 0.3 is 0 Å². The fraction of sp³-hybridized carbons (Fsp3) is 0.294. The summed E-state index contributed by atoms with van der Waals surface area (Å²) >= 11 is 5.78. The van der Waals surface area contributed by atoms with Crippen molar-refractivity contribution in [2.75, 3.05) is 6.54 Å². The van der Waals surface area contributed by atoms with Crippen LogP contribution >= 0.6 is 11.6 Å². The van der Waals surface area contributed by atoms with Gasteiger partial charge in [0, 0.05) is 22.5 Å². The van der Waals surface area contributed by atoms with Gasteiger partial charge in [-0.25, -0.2) is 4.39 Å². The highest BCUT2D eigenvalue weighted by Crippen LogP contribution is 2.47. The number of hydrogen-bond acceptors (Lipinski definition) is 2. The molecule has 0 aromatic heterocycles. The van der Waals surface area contributed by atoms with E-state index in [1.165, 1.54) is 11.6 Å². The highest BCUT2D eigenvalue weighted by Gasteiger charge is 2.44. The van der Waals surface area contributed by atoms with Crippen LogP contribution in [0.2, 0.25) is 5.02 Å². The third-order valence-electron chi connectivity index (χ3n) is 4.54. The molecule has 3 rings (SSSR count). The van der Waals surface area contributed by atoms with Crippen molar-refractivity contribution in [2.24, 2.45) is 5.73 Å². The molecule has 21 heavy (non-hydrogen) atoms. The Balaban J connectivity index is 2.09. The molecule has 2 atom stereocenters. The molecular weight excluding hydrogens is 289 g/mol. The van der Waals surface area contributed by atoms with Gasteiger partial charge in [0.2, 0.25) is 0 Å². The fourth-order valence-electron chi connectivity index (χ4n) is 3.35. The van der Waals surface area contributed by atoms with Crippen LogP contribution in [0.15, 0.2) is 42.5 Å². The van der Waals surface area contributed by atoms with E-state index in [4.69, 9.17) is 17.3 Å². The molecule has 0 radical (unpaired) electrons. The van der Waals surface area contributed by atoms with Gasteiger partial charge < -0.3 is 10.8 Å². The van der Waals surface area contributed by atoms with Crippen molar-refractivity contribution in [1.82, 2.24) is 0 Å². The molecule has 0 amide bonds. The number of aliphatic hydroxyl groups excluding tert-OH is 1. The third kappa shape index (κ3) is 2.26. The van der Waals surface area contributed by atoms with E-state index in [-0.39, 0.29) is 12.1 Å². The monoisotopic (exact) mass is 305 g/mol. The summed E-state index contributed by atoms with van der Waals surface area (Å²) in [7, 11) is 0. The van der Waals surface area contributed by atoms with Gasteiger partial charge in [0.25, 0.3) is 0 Å². The van der Waals surface area contributed by atoms with Gasteiger partial charge in [-0.15, -0.1) is 0 Å². The molecule has 0 heterocycles. The first kappa shape index (κ1) is 14.5. The second-order valence-electron chi connectivity index (χ2n) is 5.59. The molecule has 2 aromatic rings. The number of rotatable bonds is 3. The van der Waals surface area contributed by atoms with Crippen LogP contribution in [0.3, 0.4) is 0 Å². The molecule has 3 N–H and O–H groups in total. The quantitative estimate of drug-likeness (QED) is 0.913. The maximum atomic E-state index is 14.2. The summed E-state index contributed by atoms with van der Waals surface area (Å²) in [5, 5.41) is 11.1. The number of benzene rings is 2. The van der Waals surface area contributed by atoms with E-state index in [0.717, 1.165) is 12.0 Å². The maximum absolute atomic E-state index is 14.2. The molecular formula is C17H17ClFNO. The van der Waals surface area contributed by atoms with Crippen LogP contribution in [0.1, 0.15) is 29.2 Å². The van der Waals surface area contributed by atoms with Gasteiger partial charge in [0.1, 0.15) is 5.82 Å². The molecule has 2 nitrogen and oxygen atoms in total. The van der Waals surface area contributed by atoms with Crippen LogP contribution in [0.4, 0.5) is 4.39 Å². The summed E-state index contributed by atoms with van der Waals surface area (Å²) in [6.45, 7) is 0.271. The lowest BCUT2D eigenvalue weighted by Gasteiger charge is -2.34. The lowest BCUT2D eigenvalue weighted by molar-refractivity contribution is 0.0807. The Labute approximate surface area is 128 Å². The molecule has 0 aliphatic heterocycles. The minimum atomic E-state index is -0.983. The van der Waals surface area contributed by atoms with Crippen molar-refractivity contribution < 1.29 is 9.50 Å². The molecule has 1 aliphatic carbocycles. The molecule has 2 unspecified atom stereocenters. The number of aryl methyl sites for hydroxylation is 1. The standard InChI is InChI=1S/C17H17ClFNO/c18-12-5-6-13(15(19)9-12)16(21)17(10-20)8-7-11-3-1-2-4-14(11)17/h1-6,9,16,21H,7-8,10,20H2. The molecule has 4 heteroatoms. The lowest BCUT2D eigenvalue weighted by atomic mass is 9.74. The predicted octanol–water partition coefficient (Wildman–Crippen LogP) is 3.36. The van der Waals surface area contributed by atoms with E-state index in [2.05, 4.69) is 0 Å². The van der Waals surface area contributed by atoms with Gasteiger partial charge in [-0.05, 0) is 36.1 Å². The molecule has 110 valence electrons. The molecule has 0 saturated heterocycles. The summed E-state index contributed by atoms with van der Waals surface area (Å²) in [4.78, 5) is 0. The van der Waals surface area contributed by atoms with Crippen LogP contribution in [-0.2, 0) is 11.8 Å². The van der Waals surface area contributed by atoms with Crippen molar-refractivity contribution in [2.45, 2.75) is 24.4 Å². The van der Waals surface area contributed by atoms with E-state index in [9.17, 15) is 9.50 Å². The predicted molar refractivity (Wildman–Crippen MR) is 81.9 cm³/mol. The Morgan fingerprint density at radius 2 is 2.05 bits per heavy atom. The Kier molecular flexibility index (Phi) is 3.74.